The van der Waals surface area contributed by atoms with Crippen molar-refractivity contribution in [2.24, 2.45) is 0 Å². The van der Waals surface area contributed by atoms with Crippen LogP contribution in [0.4, 0.5) is 4.39 Å². The van der Waals surface area contributed by atoms with Crippen LogP contribution in [0.2, 0.25) is 0 Å². The quantitative estimate of drug-likeness (QED) is 0.269. The van der Waals surface area contributed by atoms with E-state index in [0.29, 0.717) is 12.3 Å². The maximum atomic E-state index is 13.7. The number of nitrogens with one attached hydrogen (secondary N) is 2. The van der Waals surface area contributed by atoms with Crippen molar-refractivity contribution < 1.29 is 9.13 Å². The molecule has 0 amide bonds. The van der Waals surface area contributed by atoms with E-state index < -0.39 is 0 Å². The zero-order valence-corrected chi connectivity index (χ0v) is 21.3. The maximum absolute atomic E-state index is 13.7. The molecule has 0 unspecified atom stereocenters. The lowest BCUT2D eigenvalue weighted by atomic mass is 10.1. The molecule has 38 heavy (non-hydrogen) atoms. The number of nitrogens with zero attached hydrogens (tertiary/aromatic N) is 5. The highest BCUT2D eigenvalue weighted by molar-refractivity contribution is 7.14. The van der Waals surface area contributed by atoms with Crippen molar-refractivity contribution in [3.63, 3.8) is 0 Å². The molecule has 2 N–H and O–H groups in total. The highest BCUT2D eigenvalue weighted by Gasteiger charge is 2.17. The summed E-state index contributed by atoms with van der Waals surface area (Å²) in [5.74, 6) is 0.744. The molecule has 6 aromatic rings. The molecule has 7 rings (SSSR count). The summed E-state index contributed by atoms with van der Waals surface area (Å²) in [6, 6.07) is 11.2. The van der Waals surface area contributed by atoms with Crippen molar-refractivity contribution in [2.45, 2.75) is 12.8 Å². The highest BCUT2D eigenvalue weighted by atomic mass is 32.1. The van der Waals surface area contributed by atoms with E-state index in [4.69, 9.17) is 4.74 Å². The molecule has 0 aromatic carbocycles. The van der Waals surface area contributed by atoms with Crippen LogP contribution in [0, 0.1) is 5.13 Å². The molecule has 0 saturated carbocycles. The molecular formula is C28H24FN7OS. The highest BCUT2D eigenvalue weighted by Crippen LogP contribution is 2.36. The van der Waals surface area contributed by atoms with Gasteiger partial charge in [-0.3, -0.25) is 15.0 Å². The van der Waals surface area contributed by atoms with Crippen LogP contribution in [0.25, 0.3) is 55.0 Å². The Labute approximate surface area is 221 Å². The number of hydrogen-bond donors (Lipinski definition) is 2. The fourth-order valence-corrected chi connectivity index (χ4v) is 5.82. The van der Waals surface area contributed by atoms with Gasteiger partial charge in [0, 0.05) is 57.5 Å². The monoisotopic (exact) mass is 525 g/mol. The minimum atomic E-state index is -0.215. The molecule has 1 fully saturated rings. The Morgan fingerprint density at radius 2 is 1.84 bits per heavy atom. The lowest BCUT2D eigenvalue weighted by molar-refractivity contribution is 0.237. The van der Waals surface area contributed by atoms with Gasteiger partial charge in [-0.1, -0.05) is 0 Å². The number of hydrogen-bond acceptors (Lipinski definition) is 7. The van der Waals surface area contributed by atoms with E-state index >= 15 is 0 Å². The molecular weight excluding hydrogens is 501 g/mol. The molecule has 0 atom stereocenters. The van der Waals surface area contributed by atoms with Crippen LogP contribution in [-0.2, 0) is 0 Å². The number of H-pyrrole nitrogens is 2. The lowest BCUT2D eigenvalue weighted by Crippen LogP contribution is -2.25. The lowest BCUT2D eigenvalue weighted by Gasteiger charge is -2.15. The van der Waals surface area contributed by atoms with Crippen LogP contribution in [-0.4, -0.2) is 61.3 Å². The van der Waals surface area contributed by atoms with Crippen LogP contribution in [0.1, 0.15) is 12.8 Å². The zero-order chi connectivity index (χ0) is 25.5. The molecule has 1 aliphatic rings. The topological polar surface area (TPSA) is 95.6 Å². The first-order valence-corrected chi connectivity index (χ1v) is 13.4. The number of pyridine rings is 3. The third-order valence-corrected chi connectivity index (χ3v) is 7.87. The summed E-state index contributed by atoms with van der Waals surface area (Å²) in [6.45, 7) is 3.88. The molecule has 1 aliphatic heterocycles. The number of halogens is 1. The van der Waals surface area contributed by atoms with E-state index in [0.717, 1.165) is 86.1 Å². The molecule has 6 aromatic heterocycles. The second-order valence-corrected chi connectivity index (χ2v) is 10.4. The van der Waals surface area contributed by atoms with Gasteiger partial charge < -0.3 is 9.72 Å². The van der Waals surface area contributed by atoms with E-state index in [1.807, 2.05) is 30.6 Å². The average Bonchev–Trinajstić information content (AvgIpc) is 3.74. The van der Waals surface area contributed by atoms with Gasteiger partial charge in [-0.25, -0.2) is 9.97 Å². The standard InChI is InChI=1S/C28H24FN7OS/c29-25-4-3-24(38-25)20-5-6-31-27-21(20)13-23(33-27)26-22-12-18(15-32-28(22)35-34-26)17-11-19(16-30-14-17)37-10-9-36-7-1-2-8-36/h3-6,11-16H,1-2,7-10H2,(H,31,33)(H,32,34,35). The van der Waals surface area contributed by atoms with Gasteiger partial charge in [-0.15, -0.1) is 11.3 Å². The first kappa shape index (κ1) is 23.0. The van der Waals surface area contributed by atoms with Crippen LogP contribution in [0.5, 0.6) is 5.75 Å². The minimum Gasteiger partial charge on any atom is -0.491 e. The van der Waals surface area contributed by atoms with Gasteiger partial charge in [0.25, 0.3) is 0 Å². The smallest absolute Gasteiger partial charge is 0.176 e. The molecule has 1 saturated heterocycles. The Morgan fingerprint density at radius 3 is 2.71 bits per heavy atom. The van der Waals surface area contributed by atoms with Crippen LogP contribution < -0.4 is 4.74 Å². The van der Waals surface area contributed by atoms with Gasteiger partial charge in [0.05, 0.1) is 11.9 Å². The normalized spacial score (nSPS) is 14.1. The first-order valence-electron chi connectivity index (χ1n) is 12.6. The summed E-state index contributed by atoms with van der Waals surface area (Å²) in [7, 11) is 0. The van der Waals surface area contributed by atoms with Gasteiger partial charge in [-0.05, 0) is 62.3 Å². The fourth-order valence-electron chi connectivity index (χ4n) is 5.05. The maximum Gasteiger partial charge on any atom is 0.176 e. The Hall–Kier alpha value is -4.15. The van der Waals surface area contributed by atoms with Gasteiger partial charge in [0.15, 0.2) is 10.8 Å². The van der Waals surface area contributed by atoms with Gasteiger partial charge in [0.1, 0.15) is 23.7 Å². The van der Waals surface area contributed by atoms with Gasteiger partial charge in [-0.2, -0.15) is 9.49 Å². The fraction of sp³-hybridized carbons (Fsp3) is 0.214. The molecule has 0 spiro atoms. The second-order valence-electron chi connectivity index (χ2n) is 9.41. The van der Waals surface area contributed by atoms with Crippen molar-refractivity contribution in [2.75, 3.05) is 26.2 Å². The van der Waals surface area contributed by atoms with Crippen LogP contribution >= 0.6 is 11.3 Å². The molecule has 190 valence electrons. The number of ether oxygens (including phenoxy) is 1. The molecule has 7 heterocycles. The molecule has 8 nitrogen and oxygen atoms in total. The van der Waals surface area contributed by atoms with Crippen molar-refractivity contribution >= 4 is 33.4 Å². The summed E-state index contributed by atoms with van der Waals surface area (Å²) < 4.78 is 19.7. The number of rotatable bonds is 7. The number of fused-ring (bicyclic) bond motifs is 2. The van der Waals surface area contributed by atoms with E-state index in [9.17, 15) is 4.39 Å². The number of aromatic nitrogens is 6. The Morgan fingerprint density at radius 1 is 0.947 bits per heavy atom. The van der Waals surface area contributed by atoms with Crippen LogP contribution in [0.15, 0.2) is 61.2 Å². The summed E-state index contributed by atoms with van der Waals surface area (Å²) in [6.07, 6.45) is 9.64. The van der Waals surface area contributed by atoms with Gasteiger partial charge >= 0.3 is 0 Å². The van der Waals surface area contributed by atoms with E-state index in [2.05, 4.69) is 41.1 Å². The predicted octanol–water partition coefficient (Wildman–Crippen LogP) is 5.91. The first-order chi connectivity index (χ1) is 18.7. The predicted molar refractivity (Wildman–Crippen MR) is 147 cm³/mol. The van der Waals surface area contributed by atoms with E-state index in [1.54, 1.807) is 18.5 Å². The third-order valence-electron chi connectivity index (χ3n) is 6.96. The number of thiophene rings is 1. The SMILES string of the molecule is Fc1ccc(-c2ccnc3[nH]c(-c4n[nH]c5ncc(-c6cncc(OCCN7CCCC7)c6)cc45)cc23)s1. The third kappa shape index (κ3) is 4.31. The molecule has 0 aliphatic carbocycles. The summed E-state index contributed by atoms with van der Waals surface area (Å²) in [4.78, 5) is 20.1. The number of likely N-dealkylation sites (tertiary alicyclic amines) is 1. The van der Waals surface area contributed by atoms with Gasteiger partial charge in [0.2, 0.25) is 0 Å². The van der Waals surface area contributed by atoms with E-state index in [1.165, 1.54) is 18.9 Å². The Bertz CT molecular complexity index is 1750. The minimum absolute atomic E-state index is 0.215. The van der Waals surface area contributed by atoms with E-state index in [-0.39, 0.29) is 5.13 Å². The Balaban J connectivity index is 1.20. The van der Waals surface area contributed by atoms with Crippen LogP contribution in [0.3, 0.4) is 0 Å². The average molecular weight is 526 g/mol. The zero-order valence-electron chi connectivity index (χ0n) is 20.4. The summed E-state index contributed by atoms with van der Waals surface area (Å²) in [5.41, 5.74) is 5.71. The molecule has 0 bridgehead atoms. The van der Waals surface area contributed by atoms with Crippen molar-refractivity contribution in [1.82, 2.24) is 35.0 Å². The van der Waals surface area contributed by atoms with Crippen molar-refractivity contribution in [1.29, 1.82) is 0 Å². The summed E-state index contributed by atoms with van der Waals surface area (Å²) in [5, 5.41) is 9.15. The number of aromatic amines is 2. The molecule has 0 radical (unpaired) electrons. The second kappa shape index (κ2) is 9.62. The Kier molecular flexibility index (Phi) is 5.82. The largest absolute Gasteiger partial charge is 0.491 e. The van der Waals surface area contributed by atoms with Crippen molar-refractivity contribution in [3.05, 3.63) is 66.3 Å². The molecule has 10 heteroatoms. The van der Waals surface area contributed by atoms with Crippen molar-refractivity contribution in [3.8, 4) is 38.7 Å². The summed E-state index contributed by atoms with van der Waals surface area (Å²) >= 11 is 1.12.